The van der Waals surface area contributed by atoms with Crippen molar-refractivity contribution in [3.05, 3.63) is 0 Å². The molecular weight excluding hydrogens is 150 g/mol. The van der Waals surface area contributed by atoms with Gasteiger partial charge in [0.2, 0.25) is 5.91 Å². The predicted octanol–water partition coefficient (Wildman–Crippen LogP) is -0.990. The van der Waals surface area contributed by atoms with E-state index in [1.807, 2.05) is 0 Å². The van der Waals surface area contributed by atoms with Crippen molar-refractivity contribution in [2.24, 2.45) is 0 Å². The minimum atomic E-state index is -1.06. The van der Waals surface area contributed by atoms with Gasteiger partial charge in [0.25, 0.3) is 0 Å². The number of rotatable bonds is 2. The van der Waals surface area contributed by atoms with Crippen molar-refractivity contribution in [3.63, 3.8) is 0 Å². The number of likely N-dealkylation sites (tertiary alicyclic amines) is 1. The van der Waals surface area contributed by atoms with Crippen LogP contribution < -0.4 is 0 Å². The van der Waals surface area contributed by atoms with Gasteiger partial charge in [-0.15, -0.1) is 0 Å². The molecule has 1 heterocycles. The first-order valence-electron chi connectivity index (χ1n) is 3.26. The van der Waals surface area contributed by atoms with Gasteiger partial charge in [-0.2, -0.15) is 0 Å². The fraction of sp³-hybridized carbons (Fsp3) is 0.667. The van der Waals surface area contributed by atoms with Crippen molar-refractivity contribution in [1.29, 1.82) is 0 Å². The summed E-state index contributed by atoms with van der Waals surface area (Å²) in [5.74, 6) is -1.38. The summed E-state index contributed by atoms with van der Waals surface area (Å²) in [6, 6.07) is -0.831. The van der Waals surface area contributed by atoms with Crippen LogP contribution in [0.4, 0.5) is 0 Å². The highest BCUT2D eigenvalue weighted by molar-refractivity contribution is 5.94. The Bertz CT molecular complexity index is 201. The predicted molar refractivity (Wildman–Crippen MR) is 34.6 cm³/mol. The van der Waals surface area contributed by atoms with Crippen molar-refractivity contribution < 1.29 is 19.8 Å². The summed E-state index contributed by atoms with van der Waals surface area (Å²) >= 11 is 0. The van der Waals surface area contributed by atoms with E-state index in [-0.39, 0.29) is 12.3 Å². The molecule has 0 spiro atoms. The van der Waals surface area contributed by atoms with Crippen LogP contribution in [0.5, 0.6) is 0 Å². The molecule has 1 saturated heterocycles. The highest BCUT2D eigenvalue weighted by Crippen LogP contribution is 2.21. The second-order valence-corrected chi connectivity index (χ2v) is 2.49. The van der Waals surface area contributed by atoms with E-state index in [1.54, 1.807) is 0 Å². The molecule has 0 aromatic heterocycles. The maximum Gasteiger partial charge on any atom is 0.327 e. The molecule has 62 valence electrons. The van der Waals surface area contributed by atoms with Gasteiger partial charge < -0.3 is 15.1 Å². The van der Waals surface area contributed by atoms with Crippen LogP contribution in [0, 0.1) is 0 Å². The van der Waals surface area contributed by atoms with E-state index in [1.165, 1.54) is 6.92 Å². The van der Waals surface area contributed by atoms with E-state index in [4.69, 9.17) is 10.2 Å². The summed E-state index contributed by atoms with van der Waals surface area (Å²) in [7, 11) is 0. The number of aliphatic hydroxyl groups is 1. The van der Waals surface area contributed by atoms with Crippen molar-refractivity contribution in [2.45, 2.75) is 25.6 Å². The van der Waals surface area contributed by atoms with Crippen LogP contribution in [0.25, 0.3) is 0 Å². The zero-order valence-corrected chi connectivity index (χ0v) is 6.02. The van der Waals surface area contributed by atoms with Gasteiger partial charge in [-0.25, -0.2) is 4.79 Å². The van der Waals surface area contributed by atoms with Gasteiger partial charge in [0.05, 0.1) is 6.42 Å². The number of carboxylic acid groups (broad SMARTS) is 1. The lowest BCUT2D eigenvalue weighted by molar-refractivity contribution is -0.174. The van der Waals surface area contributed by atoms with E-state index in [0.29, 0.717) is 0 Å². The molecule has 1 aliphatic rings. The van der Waals surface area contributed by atoms with Gasteiger partial charge in [-0.05, 0) is 6.92 Å². The zero-order chi connectivity index (χ0) is 8.59. The summed E-state index contributed by atoms with van der Waals surface area (Å²) in [6.07, 6.45) is -1.00. The van der Waals surface area contributed by atoms with Gasteiger partial charge in [-0.1, -0.05) is 0 Å². The third-order valence-electron chi connectivity index (χ3n) is 1.68. The molecule has 1 fully saturated rings. The summed E-state index contributed by atoms with van der Waals surface area (Å²) < 4.78 is 0. The molecule has 1 amide bonds. The van der Waals surface area contributed by atoms with Crippen molar-refractivity contribution >= 4 is 11.9 Å². The second kappa shape index (κ2) is 2.50. The number of nitrogens with zero attached hydrogens (tertiary/aromatic N) is 1. The number of carboxylic acids is 1. The Hall–Kier alpha value is -1.10. The van der Waals surface area contributed by atoms with E-state index in [0.717, 1.165) is 4.90 Å². The highest BCUT2D eigenvalue weighted by Gasteiger charge is 2.43. The second-order valence-electron chi connectivity index (χ2n) is 2.49. The van der Waals surface area contributed by atoms with Crippen LogP contribution in [0.15, 0.2) is 0 Å². The number of amides is 1. The van der Waals surface area contributed by atoms with Crippen LogP contribution in [-0.2, 0) is 9.59 Å². The molecule has 1 aliphatic heterocycles. The number of hydrogen-bond acceptors (Lipinski definition) is 3. The Morgan fingerprint density at radius 3 is 2.55 bits per heavy atom. The molecule has 0 aromatic rings. The Morgan fingerprint density at radius 2 is 2.36 bits per heavy atom. The topological polar surface area (TPSA) is 77.8 Å². The zero-order valence-electron chi connectivity index (χ0n) is 6.02. The number of carbonyl (C=O) groups excluding carboxylic acids is 1. The number of β-lactam (4-membered cyclic amide) rings is 1. The Kier molecular flexibility index (Phi) is 1.82. The van der Waals surface area contributed by atoms with Crippen LogP contribution in [-0.4, -0.2) is 39.3 Å². The lowest BCUT2D eigenvalue weighted by Crippen LogP contribution is -2.59. The minimum Gasteiger partial charge on any atom is -0.480 e. The SMILES string of the molecule is CC(O)N1C(=O)CC1C(=O)O. The molecule has 11 heavy (non-hydrogen) atoms. The largest absolute Gasteiger partial charge is 0.480 e. The monoisotopic (exact) mass is 159 g/mol. The molecule has 5 heteroatoms. The van der Waals surface area contributed by atoms with Crippen LogP contribution >= 0.6 is 0 Å². The normalized spacial score (nSPS) is 26.2. The maximum absolute atomic E-state index is 10.7. The van der Waals surface area contributed by atoms with Crippen LogP contribution in [0.3, 0.4) is 0 Å². The Labute approximate surface area is 63.2 Å². The fourth-order valence-electron chi connectivity index (χ4n) is 1.11. The number of carbonyl (C=O) groups is 2. The summed E-state index contributed by atoms with van der Waals surface area (Å²) in [5.41, 5.74) is 0. The highest BCUT2D eigenvalue weighted by atomic mass is 16.4. The molecule has 0 bridgehead atoms. The van der Waals surface area contributed by atoms with E-state index >= 15 is 0 Å². The van der Waals surface area contributed by atoms with Crippen LogP contribution in [0.1, 0.15) is 13.3 Å². The van der Waals surface area contributed by atoms with Crippen molar-refractivity contribution in [3.8, 4) is 0 Å². The average molecular weight is 159 g/mol. The molecule has 5 nitrogen and oxygen atoms in total. The lowest BCUT2D eigenvalue weighted by atomic mass is 10.0. The quantitative estimate of drug-likeness (QED) is 0.507. The molecule has 0 saturated carbocycles. The molecule has 0 aromatic carbocycles. The van der Waals surface area contributed by atoms with Gasteiger partial charge in [-0.3, -0.25) is 4.79 Å². The third-order valence-corrected chi connectivity index (χ3v) is 1.68. The number of hydrogen-bond donors (Lipinski definition) is 2. The van der Waals surface area contributed by atoms with Gasteiger partial charge in [0, 0.05) is 0 Å². The maximum atomic E-state index is 10.7. The molecule has 2 atom stereocenters. The third kappa shape index (κ3) is 1.19. The number of aliphatic hydroxyl groups excluding tert-OH is 1. The molecule has 1 rings (SSSR count). The Balaban J connectivity index is 2.62. The van der Waals surface area contributed by atoms with E-state index in [2.05, 4.69) is 0 Å². The molecule has 2 N–H and O–H groups in total. The number of aliphatic carboxylic acids is 1. The first-order chi connectivity index (χ1) is 5.04. The van der Waals surface area contributed by atoms with Gasteiger partial charge >= 0.3 is 5.97 Å². The van der Waals surface area contributed by atoms with E-state index < -0.39 is 18.2 Å². The standard InChI is InChI=1S/C6H9NO4/c1-3(8)7-4(6(10)11)2-5(7)9/h3-4,8H,2H2,1H3,(H,10,11). The minimum absolute atomic E-state index is 0.000231. The smallest absolute Gasteiger partial charge is 0.327 e. The molecule has 2 unspecified atom stereocenters. The Morgan fingerprint density at radius 1 is 1.82 bits per heavy atom. The summed E-state index contributed by atoms with van der Waals surface area (Å²) in [5, 5.41) is 17.4. The first kappa shape index (κ1) is 8.00. The first-order valence-corrected chi connectivity index (χ1v) is 3.26. The van der Waals surface area contributed by atoms with Crippen LogP contribution in [0.2, 0.25) is 0 Å². The fourth-order valence-corrected chi connectivity index (χ4v) is 1.11. The summed E-state index contributed by atoms with van der Waals surface area (Å²) in [6.45, 7) is 1.37. The van der Waals surface area contributed by atoms with Crippen molar-refractivity contribution in [1.82, 2.24) is 4.90 Å². The van der Waals surface area contributed by atoms with Crippen molar-refractivity contribution in [2.75, 3.05) is 0 Å². The average Bonchev–Trinajstić information content (AvgIpc) is 1.80. The molecular formula is C6H9NO4. The summed E-state index contributed by atoms with van der Waals surface area (Å²) in [4.78, 5) is 22.0. The lowest BCUT2D eigenvalue weighted by Gasteiger charge is -2.39. The van der Waals surface area contributed by atoms with Gasteiger partial charge in [0.15, 0.2) is 0 Å². The van der Waals surface area contributed by atoms with E-state index in [9.17, 15) is 9.59 Å². The molecule has 0 aliphatic carbocycles. The van der Waals surface area contributed by atoms with Gasteiger partial charge in [0.1, 0.15) is 12.3 Å². The molecule has 0 radical (unpaired) electrons.